The van der Waals surface area contributed by atoms with Gasteiger partial charge in [-0.3, -0.25) is 0 Å². The molecular formula is C7H10N4O2. The van der Waals surface area contributed by atoms with Gasteiger partial charge in [0.1, 0.15) is 0 Å². The number of carbonyl (C=O) groups excluding carboxylic acids is 1. The molecular weight excluding hydrogens is 172 g/mol. The molecule has 0 aliphatic heterocycles. The number of esters is 1. The van der Waals surface area contributed by atoms with Gasteiger partial charge in [0, 0.05) is 6.20 Å². The fourth-order valence-electron chi connectivity index (χ4n) is 0.832. The Hall–Kier alpha value is -1.82. The highest BCUT2D eigenvalue weighted by Crippen LogP contribution is 2.15. The molecule has 13 heavy (non-hydrogen) atoms. The number of nitrogens with two attached hydrogens (primary N) is 2. The second kappa shape index (κ2) is 3.72. The van der Waals surface area contributed by atoms with Crippen LogP contribution in [0, 0.1) is 0 Å². The predicted molar refractivity (Wildman–Crippen MR) is 47.8 cm³/mol. The van der Waals surface area contributed by atoms with Crippen LogP contribution in [0.1, 0.15) is 10.4 Å². The molecule has 1 aromatic heterocycles. The third-order valence-corrected chi connectivity index (χ3v) is 1.47. The Balaban J connectivity index is 3.02. The summed E-state index contributed by atoms with van der Waals surface area (Å²) in [5, 5.41) is 0. The number of hydrazine groups is 1. The first-order valence-corrected chi connectivity index (χ1v) is 3.49. The molecule has 5 N–H and O–H groups in total. The van der Waals surface area contributed by atoms with Gasteiger partial charge < -0.3 is 15.9 Å². The molecule has 1 aromatic rings. The number of ether oxygens (including phenoxy) is 1. The lowest BCUT2D eigenvalue weighted by Gasteiger charge is -2.04. The molecule has 6 heteroatoms. The van der Waals surface area contributed by atoms with Crippen LogP contribution < -0.4 is 17.0 Å². The highest BCUT2D eigenvalue weighted by Gasteiger charge is 2.07. The number of nitrogens with zero attached hydrogens (tertiary/aromatic N) is 1. The molecule has 0 aliphatic rings. The second-order valence-corrected chi connectivity index (χ2v) is 2.30. The van der Waals surface area contributed by atoms with Gasteiger partial charge in [0.25, 0.3) is 0 Å². The van der Waals surface area contributed by atoms with Crippen molar-refractivity contribution < 1.29 is 9.53 Å². The topological polar surface area (TPSA) is 103 Å². The zero-order valence-corrected chi connectivity index (χ0v) is 7.07. The van der Waals surface area contributed by atoms with Gasteiger partial charge in [-0.15, -0.1) is 0 Å². The van der Waals surface area contributed by atoms with Crippen LogP contribution in [0.5, 0.6) is 0 Å². The van der Waals surface area contributed by atoms with Gasteiger partial charge in [-0.2, -0.15) is 0 Å². The van der Waals surface area contributed by atoms with E-state index in [0.717, 1.165) is 0 Å². The van der Waals surface area contributed by atoms with Crippen LogP contribution in [0.15, 0.2) is 12.3 Å². The van der Waals surface area contributed by atoms with Gasteiger partial charge in [0.2, 0.25) is 0 Å². The quantitative estimate of drug-likeness (QED) is 0.330. The number of aromatic nitrogens is 1. The largest absolute Gasteiger partial charge is 0.465 e. The van der Waals surface area contributed by atoms with Crippen molar-refractivity contribution in [3.8, 4) is 0 Å². The van der Waals surface area contributed by atoms with E-state index < -0.39 is 5.97 Å². The van der Waals surface area contributed by atoms with E-state index in [1.165, 1.54) is 19.4 Å². The van der Waals surface area contributed by atoms with E-state index in [-0.39, 0.29) is 0 Å². The molecule has 0 unspecified atom stereocenters. The third kappa shape index (κ3) is 1.85. The number of carbonyl (C=O) groups is 1. The van der Waals surface area contributed by atoms with Gasteiger partial charge in [0.05, 0.1) is 18.4 Å². The van der Waals surface area contributed by atoms with Crippen molar-refractivity contribution in [2.45, 2.75) is 0 Å². The first kappa shape index (κ1) is 9.27. The van der Waals surface area contributed by atoms with Gasteiger partial charge in [-0.1, -0.05) is 0 Å². The lowest BCUT2D eigenvalue weighted by Crippen LogP contribution is -2.12. The Morgan fingerprint density at radius 3 is 2.85 bits per heavy atom. The van der Waals surface area contributed by atoms with Crippen molar-refractivity contribution in [2.75, 3.05) is 18.3 Å². The molecule has 0 bridgehead atoms. The Bertz CT molecular complexity index is 326. The molecule has 0 spiro atoms. The number of nitrogens with one attached hydrogen (secondary N) is 1. The number of methoxy groups -OCH3 is 1. The maximum atomic E-state index is 11.0. The number of hydrogen-bond acceptors (Lipinski definition) is 6. The van der Waals surface area contributed by atoms with E-state index in [0.29, 0.717) is 17.1 Å². The third-order valence-electron chi connectivity index (χ3n) is 1.47. The van der Waals surface area contributed by atoms with Gasteiger partial charge >= 0.3 is 5.97 Å². The number of pyridine rings is 1. The summed E-state index contributed by atoms with van der Waals surface area (Å²) in [6, 6.07) is 1.44. The molecule has 1 rings (SSSR count). The zero-order chi connectivity index (χ0) is 9.84. The minimum atomic E-state index is -0.484. The van der Waals surface area contributed by atoms with Crippen LogP contribution in [0.2, 0.25) is 0 Å². The first-order chi connectivity index (χ1) is 6.19. The normalized spacial score (nSPS) is 9.38. The van der Waals surface area contributed by atoms with Crippen LogP contribution in [0.4, 0.5) is 11.5 Å². The maximum absolute atomic E-state index is 11.0. The molecule has 0 aromatic carbocycles. The highest BCUT2D eigenvalue weighted by atomic mass is 16.5. The van der Waals surface area contributed by atoms with Crippen LogP contribution >= 0.6 is 0 Å². The summed E-state index contributed by atoms with van der Waals surface area (Å²) in [6.45, 7) is 0. The average molecular weight is 182 g/mol. The fourth-order valence-corrected chi connectivity index (χ4v) is 0.832. The number of nitrogen functional groups attached to an aromatic ring is 2. The van der Waals surface area contributed by atoms with Crippen molar-refractivity contribution >= 4 is 17.5 Å². The zero-order valence-electron chi connectivity index (χ0n) is 7.07. The SMILES string of the molecule is COC(=O)c1cnc(NN)c(N)c1. The molecule has 0 saturated carbocycles. The molecule has 0 aliphatic carbocycles. The number of hydrogen-bond donors (Lipinski definition) is 3. The highest BCUT2D eigenvalue weighted by molar-refractivity contribution is 5.90. The Labute approximate surface area is 74.9 Å². The van der Waals surface area contributed by atoms with Crippen molar-refractivity contribution in [2.24, 2.45) is 5.84 Å². The van der Waals surface area contributed by atoms with E-state index in [4.69, 9.17) is 11.6 Å². The second-order valence-electron chi connectivity index (χ2n) is 2.30. The van der Waals surface area contributed by atoms with Crippen LogP contribution in [0.3, 0.4) is 0 Å². The van der Waals surface area contributed by atoms with E-state index >= 15 is 0 Å². The van der Waals surface area contributed by atoms with E-state index in [2.05, 4.69) is 15.1 Å². The Morgan fingerprint density at radius 2 is 2.38 bits per heavy atom. The molecule has 6 nitrogen and oxygen atoms in total. The summed E-state index contributed by atoms with van der Waals surface area (Å²) in [6.07, 6.45) is 1.33. The lowest BCUT2D eigenvalue weighted by atomic mass is 10.2. The molecule has 0 radical (unpaired) electrons. The van der Waals surface area contributed by atoms with E-state index in [1.54, 1.807) is 0 Å². The van der Waals surface area contributed by atoms with Gasteiger partial charge in [-0.25, -0.2) is 15.6 Å². The van der Waals surface area contributed by atoms with Crippen molar-refractivity contribution in [1.29, 1.82) is 0 Å². The van der Waals surface area contributed by atoms with Crippen LogP contribution in [-0.2, 0) is 4.74 Å². The van der Waals surface area contributed by atoms with Gasteiger partial charge in [0.15, 0.2) is 5.82 Å². The fraction of sp³-hybridized carbons (Fsp3) is 0.143. The summed E-state index contributed by atoms with van der Waals surface area (Å²) < 4.78 is 4.48. The average Bonchev–Trinajstić information content (AvgIpc) is 2.16. The van der Waals surface area contributed by atoms with E-state index in [1.807, 2.05) is 0 Å². The van der Waals surface area contributed by atoms with E-state index in [9.17, 15) is 4.79 Å². The maximum Gasteiger partial charge on any atom is 0.339 e. The summed E-state index contributed by atoms with van der Waals surface area (Å²) in [7, 11) is 1.29. The smallest absolute Gasteiger partial charge is 0.339 e. The van der Waals surface area contributed by atoms with Crippen LogP contribution in [-0.4, -0.2) is 18.1 Å². The number of rotatable bonds is 2. The summed E-state index contributed by atoms with van der Waals surface area (Å²) >= 11 is 0. The summed E-state index contributed by atoms with van der Waals surface area (Å²) in [5.41, 5.74) is 8.39. The molecule has 0 saturated heterocycles. The Kier molecular flexibility index (Phi) is 2.65. The van der Waals surface area contributed by atoms with Crippen molar-refractivity contribution in [3.05, 3.63) is 17.8 Å². The first-order valence-electron chi connectivity index (χ1n) is 3.49. The molecule has 1 heterocycles. The van der Waals surface area contributed by atoms with Crippen molar-refractivity contribution in [3.63, 3.8) is 0 Å². The lowest BCUT2D eigenvalue weighted by molar-refractivity contribution is 0.0600. The predicted octanol–water partition coefficient (Wildman–Crippen LogP) is -0.264. The van der Waals surface area contributed by atoms with Gasteiger partial charge in [-0.05, 0) is 6.07 Å². The minimum absolute atomic E-state index is 0.291. The molecule has 0 fully saturated rings. The van der Waals surface area contributed by atoms with Crippen molar-refractivity contribution in [1.82, 2.24) is 4.98 Å². The summed E-state index contributed by atoms with van der Waals surface area (Å²) in [4.78, 5) is 14.8. The minimum Gasteiger partial charge on any atom is -0.465 e. The monoisotopic (exact) mass is 182 g/mol. The Morgan fingerprint density at radius 1 is 1.69 bits per heavy atom. The molecule has 0 atom stereocenters. The number of anilines is 2. The van der Waals surface area contributed by atoms with Crippen LogP contribution in [0.25, 0.3) is 0 Å². The molecule has 70 valence electrons. The molecule has 0 amide bonds. The summed E-state index contributed by atoms with van der Waals surface area (Å²) in [5.74, 6) is 4.94. The standard InChI is InChI=1S/C7H10N4O2/c1-13-7(12)4-2-5(8)6(11-9)10-3-4/h2-3H,8-9H2,1H3,(H,10,11).